The first kappa shape index (κ1) is 27.5. The van der Waals surface area contributed by atoms with Gasteiger partial charge in [0, 0.05) is 24.3 Å². The number of aromatic nitrogens is 1. The molecule has 0 bridgehead atoms. The largest absolute Gasteiger partial charge is 0.506 e. The second-order valence-corrected chi connectivity index (χ2v) is 9.92. The number of carboxylic acid groups (broad SMARTS) is 1. The van der Waals surface area contributed by atoms with Crippen LogP contribution >= 0.6 is 0 Å². The molecule has 198 valence electrons. The molecule has 2 heterocycles. The van der Waals surface area contributed by atoms with Crippen molar-refractivity contribution in [1.82, 2.24) is 9.88 Å². The number of carbonyl (C=O) groups excluding carboxylic acids is 1. The molecule has 1 aliphatic rings. The number of nitrogens with one attached hydrogen (secondary N) is 1. The van der Waals surface area contributed by atoms with Crippen LogP contribution in [0.1, 0.15) is 34.5 Å². The molecule has 0 fully saturated rings. The SMILES string of the molecule is CCNC(=O)c1c(O)c2cc(S(C)(=O)=O)cc3c2n(c1=O)C(c1ccc(C(F)(F)F)cc1)CO3.O=CO. The van der Waals surface area contributed by atoms with Crippen molar-refractivity contribution in [2.24, 2.45) is 0 Å². The van der Waals surface area contributed by atoms with Crippen molar-refractivity contribution < 1.29 is 46.1 Å². The number of hydrogen-bond acceptors (Lipinski definition) is 7. The highest BCUT2D eigenvalue weighted by Crippen LogP contribution is 2.41. The Labute approximate surface area is 207 Å². The standard InChI is InChI=1S/C22H19F3N2O6S.CH2O2/c1-3-26-20(29)17-19(28)14-8-13(34(2,31)32)9-16-18(14)27(21(17)30)15(10-33-16)11-4-6-12(7-5-11)22(23,24)25;2-1-3/h4-9,15,28H,3,10H2,1-2H3,(H,26,29);1H,(H,2,3). The van der Waals surface area contributed by atoms with Crippen molar-refractivity contribution in [3.63, 3.8) is 0 Å². The van der Waals surface area contributed by atoms with E-state index in [4.69, 9.17) is 14.6 Å². The fraction of sp³-hybridized carbons (Fsp3) is 0.261. The van der Waals surface area contributed by atoms with E-state index in [2.05, 4.69) is 5.32 Å². The smallest absolute Gasteiger partial charge is 0.416 e. The summed E-state index contributed by atoms with van der Waals surface area (Å²) in [7, 11) is -3.76. The number of ether oxygens (including phenoxy) is 1. The Morgan fingerprint density at radius 3 is 2.35 bits per heavy atom. The van der Waals surface area contributed by atoms with E-state index >= 15 is 0 Å². The Kier molecular flexibility index (Phi) is 7.53. The van der Waals surface area contributed by atoms with Crippen LogP contribution in [0.25, 0.3) is 10.9 Å². The molecule has 1 unspecified atom stereocenters. The molecule has 0 aliphatic carbocycles. The van der Waals surface area contributed by atoms with Crippen molar-refractivity contribution in [2.75, 3.05) is 19.4 Å². The zero-order valence-electron chi connectivity index (χ0n) is 19.4. The molecule has 14 heteroatoms. The summed E-state index contributed by atoms with van der Waals surface area (Å²) in [6, 6.07) is 5.51. The predicted molar refractivity (Wildman–Crippen MR) is 125 cm³/mol. The predicted octanol–water partition coefficient (Wildman–Crippen LogP) is 2.56. The van der Waals surface area contributed by atoms with Crippen molar-refractivity contribution in [2.45, 2.75) is 24.0 Å². The number of sulfone groups is 1. The van der Waals surface area contributed by atoms with Crippen molar-refractivity contribution in [3.8, 4) is 11.5 Å². The number of alkyl halides is 3. The van der Waals surface area contributed by atoms with Gasteiger partial charge in [0.25, 0.3) is 17.9 Å². The molecule has 3 N–H and O–H groups in total. The molecule has 10 nitrogen and oxygen atoms in total. The van der Waals surface area contributed by atoms with Gasteiger partial charge in [0.2, 0.25) is 0 Å². The monoisotopic (exact) mass is 542 g/mol. The maximum absolute atomic E-state index is 13.4. The van der Waals surface area contributed by atoms with Gasteiger partial charge in [-0.05, 0) is 30.7 Å². The number of carbonyl (C=O) groups is 2. The second-order valence-electron chi connectivity index (χ2n) is 7.90. The Morgan fingerprint density at radius 2 is 1.84 bits per heavy atom. The number of nitrogens with zero attached hydrogens (tertiary/aromatic N) is 1. The van der Waals surface area contributed by atoms with Crippen LogP contribution in [0.3, 0.4) is 0 Å². The Hall–Kier alpha value is -4.07. The molecule has 1 atom stereocenters. The normalized spacial score (nSPS) is 14.8. The Balaban J connectivity index is 0.00000121. The number of aromatic hydroxyl groups is 1. The number of hydrogen-bond donors (Lipinski definition) is 3. The lowest BCUT2D eigenvalue weighted by molar-refractivity contribution is -0.137. The Morgan fingerprint density at radius 1 is 1.24 bits per heavy atom. The van der Waals surface area contributed by atoms with E-state index in [0.29, 0.717) is 5.56 Å². The molecule has 2 aromatic carbocycles. The summed E-state index contributed by atoms with van der Waals surface area (Å²) in [5, 5.41) is 20.0. The molecule has 1 aromatic heterocycles. The van der Waals surface area contributed by atoms with Gasteiger partial charge >= 0.3 is 6.18 Å². The molecule has 0 saturated heterocycles. The fourth-order valence-corrected chi connectivity index (χ4v) is 4.58. The van der Waals surface area contributed by atoms with E-state index in [1.54, 1.807) is 6.92 Å². The topological polar surface area (TPSA) is 152 Å². The van der Waals surface area contributed by atoms with Gasteiger partial charge in [-0.2, -0.15) is 13.2 Å². The minimum atomic E-state index is -4.55. The highest BCUT2D eigenvalue weighted by atomic mass is 32.2. The third-order valence-electron chi connectivity index (χ3n) is 5.54. The maximum atomic E-state index is 13.4. The number of benzene rings is 2. The zero-order valence-corrected chi connectivity index (χ0v) is 20.2. The molecule has 0 spiro atoms. The molecular formula is C23H21F3N2O8S. The van der Waals surface area contributed by atoms with Crippen LogP contribution in [0.2, 0.25) is 0 Å². The minimum Gasteiger partial charge on any atom is -0.506 e. The van der Waals surface area contributed by atoms with Gasteiger partial charge in [-0.25, -0.2) is 8.42 Å². The van der Waals surface area contributed by atoms with E-state index in [1.807, 2.05) is 0 Å². The molecule has 3 aromatic rings. The molecule has 37 heavy (non-hydrogen) atoms. The molecule has 1 amide bonds. The van der Waals surface area contributed by atoms with Gasteiger partial charge in [-0.1, -0.05) is 12.1 Å². The number of pyridine rings is 1. The summed E-state index contributed by atoms with van der Waals surface area (Å²) in [6.07, 6.45) is -3.60. The van der Waals surface area contributed by atoms with Crippen LogP contribution in [0.15, 0.2) is 46.1 Å². The van der Waals surface area contributed by atoms with Gasteiger partial charge in [-0.15, -0.1) is 0 Å². The maximum Gasteiger partial charge on any atom is 0.416 e. The number of amides is 1. The summed E-state index contributed by atoms with van der Waals surface area (Å²) in [5.41, 5.74) is -2.06. The summed E-state index contributed by atoms with van der Waals surface area (Å²) in [6.45, 7) is 1.28. The number of halogens is 3. The second kappa shape index (κ2) is 10.1. The summed E-state index contributed by atoms with van der Waals surface area (Å²) in [4.78, 5) is 34.2. The fourth-order valence-electron chi connectivity index (χ4n) is 3.93. The van der Waals surface area contributed by atoms with Gasteiger partial charge in [0.05, 0.1) is 22.0 Å². The summed E-state index contributed by atoms with van der Waals surface area (Å²) >= 11 is 0. The first-order valence-corrected chi connectivity index (χ1v) is 12.5. The van der Waals surface area contributed by atoms with Gasteiger partial charge in [0.1, 0.15) is 23.7 Å². The molecule has 4 rings (SSSR count). The van der Waals surface area contributed by atoms with E-state index in [-0.39, 0.29) is 41.2 Å². The average molecular weight is 542 g/mol. The van der Waals surface area contributed by atoms with E-state index in [0.717, 1.165) is 29.0 Å². The highest BCUT2D eigenvalue weighted by Gasteiger charge is 2.34. The van der Waals surface area contributed by atoms with Gasteiger partial charge in [-0.3, -0.25) is 19.0 Å². The van der Waals surface area contributed by atoms with Crippen molar-refractivity contribution >= 4 is 33.1 Å². The van der Waals surface area contributed by atoms with Crippen LogP contribution in [-0.2, 0) is 20.8 Å². The van der Waals surface area contributed by atoms with Crippen LogP contribution in [0.4, 0.5) is 13.2 Å². The third kappa shape index (κ3) is 5.23. The molecule has 0 radical (unpaired) electrons. The lowest BCUT2D eigenvalue weighted by Gasteiger charge is -2.30. The van der Waals surface area contributed by atoms with E-state index in [1.165, 1.54) is 18.2 Å². The highest BCUT2D eigenvalue weighted by molar-refractivity contribution is 7.90. The first-order valence-electron chi connectivity index (χ1n) is 10.6. The van der Waals surface area contributed by atoms with Crippen LogP contribution in [0.5, 0.6) is 11.5 Å². The zero-order chi connectivity index (χ0) is 27.7. The summed E-state index contributed by atoms with van der Waals surface area (Å²) < 4.78 is 70.2. The average Bonchev–Trinajstić information content (AvgIpc) is 2.81. The van der Waals surface area contributed by atoms with Gasteiger partial charge in [0.15, 0.2) is 9.84 Å². The van der Waals surface area contributed by atoms with E-state index < -0.39 is 50.4 Å². The first-order chi connectivity index (χ1) is 17.3. The molecule has 0 saturated carbocycles. The third-order valence-corrected chi connectivity index (χ3v) is 6.63. The van der Waals surface area contributed by atoms with Crippen LogP contribution in [0, 0.1) is 0 Å². The van der Waals surface area contributed by atoms with Crippen molar-refractivity contribution in [3.05, 3.63) is 63.4 Å². The Bertz CT molecular complexity index is 1530. The lowest BCUT2D eigenvalue weighted by atomic mass is 10.0. The number of rotatable bonds is 4. The van der Waals surface area contributed by atoms with E-state index in [9.17, 15) is 36.3 Å². The molecule has 1 aliphatic heterocycles. The quantitative estimate of drug-likeness (QED) is 0.426. The summed E-state index contributed by atoms with van der Waals surface area (Å²) in [5.74, 6) is -1.61. The van der Waals surface area contributed by atoms with Crippen molar-refractivity contribution in [1.29, 1.82) is 0 Å². The molecular weight excluding hydrogens is 521 g/mol. The van der Waals surface area contributed by atoms with Crippen LogP contribution < -0.4 is 15.6 Å². The van der Waals surface area contributed by atoms with Gasteiger partial charge < -0.3 is 20.3 Å². The minimum absolute atomic E-state index is 0.0177. The van der Waals surface area contributed by atoms with Crippen LogP contribution in [-0.4, -0.2) is 55.0 Å². The lowest BCUT2D eigenvalue weighted by Crippen LogP contribution is -2.38.